The molecule has 2 aromatic carbocycles. The number of aryl methyl sites for hydroxylation is 1. The number of aliphatic hydroxyl groups excluding tert-OH is 1. The predicted molar refractivity (Wildman–Crippen MR) is 186 cm³/mol. The molecule has 0 aliphatic carbocycles. The number of nitrogens with two attached hydrogens (primary N) is 1. The molecule has 14 heteroatoms. The number of hydrogen-bond acceptors (Lipinski definition) is 12. The van der Waals surface area contributed by atoms with Gasteiger partial charge >= 0.3 is 11.7 Å². The number of ether oxygens (including phenoxy) is 4. The van der Waals surface area contributed by atoms with Gasteiger partial charge in [-0.1, -0.05) is 25.5 Å². The summed E-state index contributed by atoms with van der Waals surface area (Å²) in [5.74, 6) is -0.995. The molecular formula is C36H47N3O11. The maximum absolute atomic E-state index is 13.6. The molecule has 1 aromatic heterocycles. The molecule has 1 saturated heterocycles. The fourth-order valence-electron chi connectivity index (χ4n) is 6.03. The third kappa shape index (κ3) is 8.05. The van der Waals surface area contributed by atoms with Crippen LogP contribution in [0.15, 0.2) is 45.1 Å². The van der Waals surface area contributed by atoms with Crippen molar-refractivity contribution in [3.63, 3.8) is 0 Å². The fourth-order valence-corrected chi connectivity index (χ4v) is 6.03. The number of carbonyl (C=O) groups excluding carboxylic acids is 2. The van der Waals surface area contributed by atoms with Gasteiger partial charge in [-0.05, 0) is 84.0 Å². The molecule has 4 atom stereocenters. The first-order valence-electron chi connectivity index (χ1n) is 16.3. The van der Waals surface area contributed by atoms with Crippen LogP contribution in [-0.2, 0) is 27.2 Å². The summed E-state index contributed by atoms with van der Waals surface area (Å²) in [6.45, 7) is 14.6. The van der Waals surface area contributed by atoms with Crippen molar-refractivity contribution in [2.24, 2.45) is 5.73 Å². The number of rotatable bonds is 12. The summed E-state index contributed by atoms with van der Waals surface area (Å²) in [4.78, 5) is 40.5. The normalized spacial score (nSPS) is 20.0. The van der Waals surface area contributed by atoms with Gasteiger partial charge in [0.05, 0.1) is 11.0 Å². The van der Waals surface area contributed by atoms with Crippen LogP contribution in [0.3, 0.4) is 0 Å². The predicted octanol–water partition coefficient (Wildman–Crippen LogP) is 4.47. The Kier molecular flexibility index (Phi) is 11.8. The van der Waals surface area contributed by atoms with Gasteiger partial charge in [-0.25, -0.2) is 9.59 Å². The summed E-state index contributed by atoms with van der Waals surface area (Å²) in [5.41, 5.74) is 5.19. The number of hydrogen-bond donors (Lipinski definition) is 5. The summed E-state index contributed by atoms with van der Waals surface area (Å²) in [6.07, 6.45) is -3.80. The highest BCUT2D eigenvalue weighted by Crippen LogP contribution is 2.39. The molecule has 1 aliphatic rings. The molecule has 1 aliphatic heterocycles. The third-order valence-electron chi connectivity index (χ3n) is 8.80. The zero-order valence-corrected chi connectivity index (χ0v) is 29.7. The van der Waals surface area contributed by atoms with Gasteiger partial charge in [0, 0.05) is 30.3 Å². The molecule has 50 heavy (non-hydrogen) atoms. The molecule has 1 fully saturated rings. The van der Waals surface area contributed by atoms with Gasteiger partial charge in [0.2, 0.25) is 6.29 Å². The van der Waals surface area contributed by atoms with E-state index in [2.05, 4.69) is 10.2 Å². The second kappa shape index (κ2) is 15.5. The van der Waals surface area contributed by atoms with Crippen molar-refractivity contribution >= 4 is 28.7 Å². The number of aromatic hydroxyl groups is 2. The van der Waals surface area contributed by atoms with Crippen LogP contribution >= 0.6 is 0 Å². The maximum atomic E-state index is 13.6. The lowest BCUT2D eigenvalue weighted by atomic mass is 9.89. The van der Waals surface area contributed by atoms with Gasteiger partial charge < -0.3 is 49.7 Å². The number of primary amides is 1. The van der Waals surface area contributed by atoms with E-state index in [0.717, 1.165) is 18.7 Å². The van der Waals surface area contributed by atoms with Crippen LogP contribution in [-0.4, -0.2) is 82.6 Å². The lowest BCUT2D eigenvalue weighted by Crippen LogP contribution is -2.65. The van der Waals surface area contributed by atoms with Gasteiger partial charge in [-0.3, -0.25) is 9.69 Å². The number of nitrogens with zero attached hydrogens (tertiary/aromatic N) is 1. The Hall–Kier alpha value is -4.63. The largest absolute Gasteiger partial charge is 0.507 e. The van der Waals surface area contributed by atoms with E-state index in [9.17, 15) is 29.7 Å². The Balaban J connectivity index is 1.67. The highest BCUT2D eigenvalue weighted by Gasteiger charge is 2.53. The number of aliphatic hydroxyl groups is 1. The molecule has 0 unspecified atom stereocenters. The highest BCUT2D eigenvalue weighted by atomic mass is 16.7. The van der Waals surface area contributed by atoms with Crippen LogP contribution in [0.2, 0.25) is 0 Å². The van der Waals surface area contributed by atoms with Crippen LogP contribution in [0.4, 0.5) is 10.5 Å². The van der Waals surface area contributed by atoms with E-state index in [1.165, 1.54) is 19.2 Å². The molecule has 0 saturated carbocycles. The van der Waals surface area contributed by atoms with E-state index < -0.39 is 59.3 Å². The minimum atomic E-state index is -1.52. The Morgan fingerprint density at radius 3 is 2.36 bits per heavy atom. The molecule has 2 heterocycles. The number of carbonyl (C=O) groups is 2. The van der Waals surface area contributed by atoms with Gasteiger partial charge in [0.25, 0.3) is 5.91 Å². The van der Waals surface area contributed by atoms with E-state index >= 15 is 0 Å². The van der Waals surface area contributed by atoms with Crippen molar-refractivity contribution in [1.29, 1.82) is 0 Å². The van der Waals surface area contributed by atoms with Crippen molar-refractivity contribution in [1.82, 2.24) is 4.90 Å². The van der Waals surface area contributed by atoms with Crippen molar-refractivity contribution in [3.05, 3.63) is 68.6 Å². The standard InChI is InChI=1S/C36H47N3O11/c1-9-39(10-2)17-22-16-21(15-20(26(22)40)12-11-18(3)4)32(43)38-25-27(41)23-13-14-24(19(5)29(23)48-33(25)44)47-34-28(42)30(49-35(37)45)31(46-8)36(6,7)50-34/h11,13-16,28,30-31,34,40-42H,9-10,12,17H2,1-8H3,(H2,37,45)(H,38,43)/t28-,30+,31-,34-/m1/s1. The number of amides is 2. The van der Waals surface area contributed by atoms with Crippen LogP contribution in [0, 0.1) is 6.92 Å². The SMILES string of the molecule is CCN(CC)Cc1cc(C(=O)Nc2c(O)c3ccc(O[C@@H]4OC(C)(C)[C@H](OC)[C@@H](OC(N)=O)[C@H]4O)c(C)c3oc2=O)cc(CC=C(C)C)c1O. The van der Waals surface area contributed by atoms with E-state index in [-0.39, 0.29) is 33.6 Å². The van der Waals surface area contributed by atoms with Crippen LogP contribution in [0.1, 0.15) is 68.6 Å². The van der Waals surface area contributed by atoms with Crippen molar-refractivity contribution in [2.75, 3.05) is 25.5 Å². The summed E-state index contributed by atoms with van der Waals surface area (Å²) in [5, 5.41) is 35.9. The molecular weight excluding hydrogens is 650 g/mol. The minimum absolute atomic E-state index is 0.0394. The Bertz CT molecular complexity index is 1830. The number of benzene rings is 2. The quantitative estimate of drug-likeness (QED) is 0.131. The topological polar surface area (TPSA) is 203 Å². The number of methoxy groups -OCH3 is 1. The summed E-state index contributed by atoms with van der Waals surface area (Å²) in [6, 6.07) is 6.01. The first kappa shape index (κ1) is 38.2. The number of allylic oxidation sites excluding steroid dienone is 2. The highest BCUT2D eigenvalue weighted by molar-refractivity contribution is 6.07. The van der Waals surface area contributed by atoms with Crippen molar-refractivity contribution in [2.45, 2.75) is 91.6 Å². The average Bonchev–Trinajstić information content (AvgIpc) is 3.05. The second-order valence-electron chi connectivity index (χ2n) is 13.0. The summed E-state index contributed by atoms with van der Waals surface area (Å²) < 4.78 is 28.1. The van der Waals surface area contributed by atoms with Crippen LogP contribution in [0.25, 0.3) is 11.0 Å². The lowest BCUT2D eigenvalue weighted by Gasteiger charge is -2.47. The first-order valence-corrected chi connectivity index (χ1v) is 16.3. The zero-order chi connectivity index (χ0) is 37.1. The zero-order valence-electron chi connectivity index (χ0n) is 29.7. The molecule has 2 amide bonds. The average molecular weight is 698 g/mol. The third-order valence-corrected chi connectivity index (χ3v) is 8.80. The molecule has 0 bridgehead atoms. The Labute approximate surface area is 290 Å². The lowest BCUT2D eigenvalue weighted by molar-refractivity contribution is -0.304. The second-order valence-corrected chi connectivity index (χ2v) is 13.0. The summed E-state index contributed by atoms with van der Waals surface area (Å²) >= 11 is 0. The number of nitrogens with one attached hydrogen (secondary N) is 1. The van der Waals surface area contributed by atoms with E-state index in [0.29, 0.717) is 24.1 Å². The Morgan fingerprint density at radius 1 is 1.10 bits per heavy atom. The number of fused-ring (bicyclic) bond motifs is 1. The summed E-state index contributed by atoms with van der Waals surface area (Å²) in [7, 11) is 1.37. The molecule has 0 radical (unpaired) electrons. The minimum Gasteiger partial charge on any atom is -0.507 e. The first-order chi connectivity index (χ1) is 23.5. The van der Waals surface area contributed by atoms with E-state index in [4.69, 9.17) is 29.1 Å². The van der Waals surface area contributed by atoms with Gasteiger partial charge in [-0.2, -0.15) is 0 Å². The van der Waals surface area contributed by atoms with E-state index in [1.54, 1.807) is 32.9 Å². The molecule has 4 rings (SSSR count). The molecule has 272 valence electrons. The fraction of sp³-hybridized carbons (Fsp3) is 0.472. The van der Waals surface area contributed by atoms with Crippen LogP contribution in [0.5, 0.6) is 17.2 Å². The molecule has 6 N–H and O–H groups in total. The maximum Gasteiger partial charge on any atom is 0.404 e. The number of phenolic OH excluding ortho intramolecular Hbond substituents is 1. The van der Waals surface area contributed by atoms with E-state index in [1.807, 2.05) is 33.8 Å². The number of anilines is 1. The van der Waals surface area contributed by atoms with Gasteiger partial charge in [0.15, 0.2) is 23.6 Å². The van der Waals surface area contributed by atoms with Crippen molar-refractivity contribution < 1.29 is 48.3 Å². The number of phenols is 1. The molecule has 3 aromatic rings. The molecule has 0 spiro atoms. The smallest absolute Gasteiger partial charge is 0.404 e. The van der Waals surface area contributed by atoms with Crippen LogP contribution < -0.4 is 21.4 Å². The van der Waals surface area contributed by atoms with Crippen molar-refractivity contribution in [3.8, 4) is 17.2 Å². The van der Waals surface area contributed by atoms with Gasteiger partial charge in [0.1, 0.15) is 23.2 Å². The van der Waals surface area contributed by atoms with Gasteiger partial charge in [-0.15, -0.1) is 0 Å². The Morgan fingerprint density at radius 2 is 1.76 bits per heavy atom. The monoisotopic (exact) mass is 697 g/mol. The molecule has 14 nitrogen and oxygen atoms in total.